The van der Waals surface area contributed by atoms with Crippen LogP contribution in [0.4, 0.5) is 5.69 Å². The third-order valence-electron chi connectivity index (χ3n) is 6.69. The molecular weight excluding hydrogens is 398 g/mol. The maximum Gasteiger partial charge on any atom is 0.154 e. The highest BCUT2D eigenvalue weighted by atomic mass is 16.5. The summed E-state index contributed by atoms with van der Waals surface area (Å²) < 4.78 is 6.32. The summed E-state index contributed by atoms with van der Waals surface area (Å²) in [6, 6.07) is 14.2. The highest BCUT2D eigenvalue weighted by Gasteiger charge is 2.18. The number of anilines is 1. The van der Waals surface area contributed by atoms with E-state index in [1.807, 2.05) is 36.4 Å². The van der Waals surface area contributed by atoms with Crippen LogP contribution in [-0.4, -0.2) is 68.5 Å². The van der Waals surface area contributed by atoms with Crippen LogP contribution >= 0.6 is 0 Å². The number of nitrogens with zero attached hydrogens (tertiary/aromatic N) is 2. The second-order valence-corrected chi connectivity index (χ2v) is 8.97. The zero-order chi connectivity index (χ0) is 22.0. The molecule has 0 aliphatic carbocycles. The summed E-state index contributed by atoms with van der Waals surface area (Å²) in [6.07, 6.45) is 8.77. The molecule has 0 radical (unpaired) electrons. The van der Waals surface area contributed by atoms with Gasteiger partial charge in [0, 0.05) is 19.6 Å². The van der Waals surface area contributed by atoms with Crippen molar-refractivity contribution in [2.45, 2.75) is 38.5 Å². The monoisotopic (exact) mass is 435 g/mol. The first-order valence-electron chi connectivity index (χ1n) is 12.3. The van der Waals surface area contributed by atoms with E-state index in [1.165, 1.54) is 51.6 Å². The molecule has 2 heterocycles. The van der Waals surface area contributed by atoms with E-state index in [0.29, 0.717) is 17.9 Å². The van der Waals surface area contributed by atoms with Gasteiger partial charge >= 0.3 is 0 Å². The van der Waals surface area contributed by atoms with Crippen molar-refractivity contribution in [2.24, 2.45) is 0 Å². The molecule has 5 heteroatoms. The third-order valence-corrected chi connectivity index (χ3v) is 6.69. The first-order valence-corrected chi connectivity index (χ1v) is 12.3. The minimum atomic E-state index is 0.597. The van der Waals surface area contributed by atoms with Crippen LogP contribution in [0.1, 0.15) is 48.9 Å². The fraction of sp³-hybridized carbons (Fsp3) is 0.519. The third kappa shape index (κ3) is 6.11. The van der Waals surface area contributed by atoms with Crippen LogP contribution in [-0.2, 0) is 0 Å². The summed E-state index contributed by atoms with van der Waals surface area (Å²) in [7, 11) is 0. The summed E-state index contributed by atoms with van der Waals surface area (Å²) in [5.74, 6) is 0.692. The number of hydrogen-bond acceptors (Lipinski definition) is 5. The molecule has 2 saturated heterocycles. The van der Waals surface area contributed by atoms with Gasteiger partial charge in [0.15, 0.2) is 12.0 Å². The molecular formula is C27H37N3O2. The van der Waals surface area contributed by atoms with E-state index in [2.05, 4.69) is 21.2 Å². The Morgan fingerprint density at radius 3 is 2.12 bits per heavy atom. The van der Waals surface area contributed by atoms with Gasteiger partial charge in [-0.2, -0.15) is 0 Å². The Morgan fingerprint density at radius 1 is 0.812 bits per heavy atom. The van der Waals surface area contributed by atoms with Gasteiger partial charge in [-0.3, -0.25) is 9.69 Å². The number of nitrogens with one attached hydrogen (secondary N) is 1. The molecule has 4 rings (SSSR count). The van der Waals surface area contributed by atoms with Crippen molar-refractivity contribution in [1.29, 1.82) is 0 Å². The molecule has 32 heavy (non-hydrogen) atoms. The standard InChI is InChI=1S/C27H37N3O2/c31-22-25-24(23-10-4-1-5-11-23)12-13-26(28-14-19-29-15-6-2-7-16-29)27(25)32-21-20-30-17-8-3-9-18-30/h1,4-5,10-13,22,28H,2-3,6-9,14-21H2. The number of carbonyl (C=O) groups is 1. The molecule has 2 fully saturated rings. The Hall–Kier alpha value is -2.37. The lowest BCUT2D eigenvalue weighted by molar-refractivity contribution is 0.111. The number of benzene rings is 2. The van der Waals surface area contributed by atoms with Gasteiger partial charge in [0.1, 0.15) is 6.61 Å². The zero-order valence-electron chi connectivity index (χ0n) is 19.2. The number of rotatable bonds is 10. The normalized spacial score (nSPS) is 17.8. The number of hydrogen-bond donors (Lipinski definition) is 1. The van der Waals surface area contributed by atoms with Crippen LogP contribution in [0.25, 0.3) is 11.1 Å². The first kappa shape index (κ1) is 22.8. The van der Waals surface area contributed by atoms with E-state index in [-0.39, 0.29) is 0 Å². The van der Waals surface area contributed by atoms with Crippen molar-refractivity contribution in [2.75, 3.05) is 57.7 Å². The van der Waals surface area contributed by atoms with Gasteiger partial charge < -0.3 is 15.0 Å². The molecule has 0 spiro atoms. The summed E-state index contributed by atoms with van der Waals surface area (Å²) in [6.45, 7) is 8.04. The van der Waals surface area contributed by atoms with E-state index in [4.69, 9.17) is 4.74 Å². The molecule has 2 aromatic carbocycles. The largest absolute Gasteiger partial charge is 0.489 e. The van der Waals surface area contributed by atoms with Crippen LogP contribution < -0.4 is 10.1 Å². The van der Waals surface area contributed by atoms with E-state index in [1.54, 1.807) is 0 Å². The van der Waals surface area contributed by atoms with Gasteiger partial charge in [-0.1, -0.05) is 49.2 Å². The van der Waals surface area contributed by atoms with E-state index < -0.39 is 0 Å². The molecule has 1 N–H and O–H groups in total. The van der Waals surface area contributed by atoms with Gasteiger partial charge in [0.25, 0.3) is 0 Å². The lowest BCUT2D eigenvalue weighted by atomic mass is 9.98. The fourth-order valence-corrected chi connectivity index (χ4v) is 4.87. The predicted molar refractivity (Wildman–Crippen MR) is 132 cm³/mol. The summed E-state index contributed by atoms with van der Waals surface area (Å²) in [5, 5.41) is 3.56. The van der Waals surface area contributed by atoms with Crippen molar-refractivity contribution in [3.05, 3.63) is 48.0 Å². The van der Waals surface area contributed by atoms with Crippen LogP contribution in [0.5, 0.6) is 5.75 Å². The maximum absolute atomic E-state index is 12.2. The molecule has 2 aromatic rings. The molecule has 0 unspecified atom stereocenters. The Balaban J connectivity index is 1.49. The quantitative estimate of drug-likeness (QED) is 0.536. The van der Waals surface area contributed by atoms with Gasteiger partial charge in [-0.15, -0.1) is 0 Å². The fourth-order valence-electron chi connectivity index (χ4n) is 4.87. The second kappa shape index (κ2) is 12.0. The van der Waals surface area contributed by atoms with Crippen molar-refractivity contribution >= 4 is 12.0 Å². The summed E-state index contributed by atoms with van der Waals surface area (Å²) in [4.78, 5) is 17.2. The van der Waals surface area contributed by atoms with Crippen molar-refractivity contribution in [1.82, 2.24) is 9.80 Å². The Bertz CT molecular complexity index is 843. The molecule has 5 nitrogen and oxygen atoms in total. The molecule has 0 amide bonds. The van der Waals surface area contributed by atoms with E-state index in [0.717, 1.165) is 55.8 Å². The Morgan fingerprint density at radius 2 is 1.47 bits per heavy atom. The van der Waals surface area contributed by atoms with Gasteiger partial charge in [-0.05, 0) is 69.1 Å². The second-order valence-electron chi connectivity index (χ2n) is 8.97. The van der Waals surface area contributed by atoms with E-state index >= 15 is 0 Å². The SMILES string of the molecule is O=Cc1c(-c2ccccc2)ccc(NCCN2CCCCC2)c1OCCN1CCCCC1. The first-order chi connectivity index (χ1) is 15.8. The summed E-state index contributed by atoms with van der Waals surface area (Å²) >= 11 is 0. The lowest BCUT2D eigenvalue weighted by Crippen LogP contribution is -2.34. The molecule has 0 bridgehead atoms. The average Bonchev–Trinajstić information content (AvgIpc) is 2.86. The number of carbonyl (C=O) groups excluding carboxylic acids is 1. The number of ether oxygens (including phenoxy) is 1. The number of likely N-dealkylation sites (tertiary alicyclic amines) is 2. The number of aldehydes is 1. The number of piperidine rings is 2. The van der Waals surface area contributed by atoms with Crippen molar-refractivity contribution in [3.8, 4) is 16.9 Å². The summed E-state index contributed by atoms with van der Waals surface area (Å²) in [5.41, 5.74) is 3.52. The van der Waals surface area contributed by atoms with Gasteiger partial charge in [0.2, 0.25) is 0 Å². The van der Waals surface area contributed by atoms with E-state index in [9.17, 15) is 4.79 Å². The molecule has 0 saturated carbocycles. The van der Waals surface area contributed by atoms with Crippen LogP contribution in [0.3, 0.4) is 0 Å². The minimum absolute atomic E-state index is 0.597. The molecule has 2 aliphatic heterocycles. The zero-order valence-corrected chi connectivity index (χ0v) is 19.2. The highest BCUT2D eigenvalue weighted by molar-refractivity contribution is 5.94. The Labute approximate surface area is 192 Å². The lowest BCUT2D eigenvalue weighted by Gasteiger charge is -2.27. The topological polar surface area (TPSA) is 44.8 Å². The molecule has 2 aliphatic rings. The Kier molecular flexibility index (Phi) is 8.57. The van der Waals surface area contributed by atoms with Crippen molar-refractivity contribution in [3.63, 3.8) is 0 Å². The predicted octanol–water partition coefficient (Wildman–Crippen LogP) is 4.93. The molecule has 172 valence electrons. The van der Waals surface area contributed by atoms with Crippen LogP contribution in [0.15, 0.2) is 42.5 Å². The maximum atomic E-state index is 12.2. The smallest absolute Gasteiger partial charge is 0.154 e. The van der Waals surface area contributed by atoms with Crippen LogP contribution in [0, 0.1) is 0 Å². The molecule has 0 atom stereocenters. The van der Waals surface area contributed by atoms with Gasteiger partial charge in [0.05, 0.1) is 11.3 Å². The minimum Gasteiger partial charge on any atom is -0.489 e. The molecule has 0 aromatic heterocycles. The van der Waals surface area contributed by atoms with Gasteiger partial charge in [-0.25, -0.2) is 0 Å². The highest BCUT2D eigenvalue weighted by Crippen LogP contribution is 2.36. The van der Waals surface area contributed by atoms with Crippen molar-refractivity contribution < 1.29 is 9.53 Å². The van der Waals surface area contributed by atoms with Crippen LogP contribution in [0.2, 0.25) is 0 Å². The average molecular weight is 436 g/mol.